The highest BCUT2D eigenvalue weighted by molar-refractivity contribution is 5.82. The van der Waals surface area contributed by atoms with Crippen LogP contribution >= 0.6 is 0 Å². The van der Waals surface area contributed by atoms with Crippen molar-refractivity contribution in [3.05, 3.63) is 35.9 Å². The summed E-state index contributed by atoms with van der Waals surface area (Å²) in [6.07, 6.45) is 0.417. The van der Waals surface area contributed by atoms with Crippen LogP contribution in [0.1, 0.15) is 12.0 Å². The lowest BCUT2D eigenvalue weighted by atomic mass is 10.2. The Morgan fingerprint density at radius 2 is 2.08 bits per heavy atom. The maximum atomic E-state index is 10.5. The van der Waals surface area contributed by atoms with Crippen LogP contribution in [0.3, 0.4) is 0 Å². The maximum Gasteiger partial charge on any atom is 0.226 e. The lowest BCUT2D eigenvalue weighted by Gasteiger charge is -2.26. The number of β-lactam (4-membered cyclic amide) rings is 1. The van der Waals surface area contributed by atoms with Crippen LogP contribution in [0.4, 0.5) is 0 Å². The predicted molar refractivity (Wildman–Crippen MR) is 47.8 cm³/mol. The monoisotopic (exact) mass is 177 g/mol. The lowest BCUT2D eigenvalue weighted by Crippen LogP contribution is -2.49. The molecule has 1 atom stereocenters. The summed E-state index contributed by atoms with van der Waals surface area (Å²) < 4.78 is 5.40. The standard InChI is InChI=1S/C10H11NO2/c12-9-6-10(11-9)13-7-8-4-2-1-3-5-8/h1-5,10H,6-7H2,(H,11,12). The molecule has 1 aromatic carbocycles. The molecule has 1 N–H and O–H groups in total. The Bertz CT molecular complexity index is 289. The Kier molecular flexibility index (Phi) is 2.27. The van der Waals surface area contributed by atoms with Crippen molar-refractivity contribution in [1.29, 1.82) is 0 Å². The summed E-state index contributed by atoms with van der Waals surface area (Å²) in [4.78, 5) is 10.5. The summed E-state index contributed by atoms with van der Waals surface area (Å²) in [6, 6.07) is 9.91. The Balaban J connectivity index is 1.77. The first-order valence-corrected chi connectivity index (χ1v) is 4.29. The number of rotatable bonds is 3. The normalized spacial score (nSPS) is 20.6. The Hall–Kier alpha value is -1.35. The Labute approximate surface area is 76.7 Å². The second-order valence-electron chi connectivity index (χ2n) is 3.06. The zero-order valence-electron chi connectivity index (χ0n) is 7.19. The van der Waals surface area contributed by atoms with Crippen LogP contribution in [0.2, 0.25) is 0 Å². The Morgan fingerprint density at radius 1 is 1.38 bits per heavy atom. The summed E-state index contributed by atoms with van der Waals surface area (Å²) in [5.41, 5.74) is 1.13. The molecule has 13 heavy (non-hydrogen) atoms. The molecule has 1 saturated heterocycles. The van der Waals surface area contributed by atoms with E-state index >= 15 is 0 Å². The molecule has 1 unspecified atom stereocenters. The first-order chi connectivity index (χ1) is 6.34. The van der Waals surface area contributed by atoms with Crippen molar-refractivity contribution in [2.24, 2.45) is 0 Å². The molecule has 0 bridgehead atoms. The number of hydrogen-bond donors (Lipinski definition) is 1. The van der Waals surface area contributed by atoms with Crippen molar-refractivity contribution in [1.82, 2.24) is 5.32 Å². The van der Waals surface area contributed by atoms with Gasteiger partial charge in [0.1, 0.15) is 6.23 Å². The van der Waals surface area contributed by atoms with E-state index in [0.29, 0.717) is 13.0 Å². The van der Waals surface area contributed by atoms with Gasteiger partial charge in [0.05, 0.1) is 13.0 Å². The van der Waals surface area contributed by atoms with E-state index in [2.05, 4.69) is 5.32 Å². The van der Waals surface area contributed by atoms with Gasteiger partial charge in [-0.05, 0) is 5.56 Å². The predicted octanol–water partition coefficient (Wildman–Crippen LogP) is 1.05. The minimum atomic E-state index is -0.0762. The van der Waals surface area contributed by atoms with Gasteiger partial charge in [-0.3, -0.25) is 4.79 Å². The molecule has 1 heterocycles. The average molecular weight is 177 g/mol. The van der Waals surface area contributed by atoms with Crippen LogP contribution in [0.15, 0.2) is 30.3 Å². The van der Waals surface area contributed by atoms with Gasteiger partial charge in [0.15, 0.2) is 0 Å². The van der Waals surface area contributed by atoms with Crippen molar-refractivity contribution < 1.29 is 9.53 Å². The highest BCUT2D eigenvalue weighted by Gasteiger charge is 2.25. The first-order valence-electron chi connectivity index (χ1n) is 4.29. The van der Waals surface area contributed by atoms with Crippen LogP contribution in [0.25, 0.3) is 0 Å². The molecule has 0 spiro atoms. The molecule has 0 radical (unpaired) electrons. The second-order valence-corrected chi connectivity index (χ2v) is 3.06. The fourth-order valence-electron chi connectivity index (χ4n) is 1.20. The quantitative estimate of drug-likeness (QED) is 0.701. The molecule has 2 rings (SSSR count). The Morgan fingerprint density at radius 3 is 2.69 bits per heavy atom. The number of hydrogen-bond acceptors (Lipinski definition) is 2. The van der Waals surface area contributed by atoms with Gasteiger partial charge in [0.25, 0.3) is 0 Å². The molecule has 68 valence electrons. The van der Waals surface area contributed by atoms with Crippen LogP contribution < -0.4 is 5.32 Å². The maximum absolute atomic E-state index is 10.5. The minimum Gasteiger partial charge on any atom is -0.353 e. The van der Waals surface area contributed by atoms with Crippen molar-refractivity contribution in [3.8, 4) is 0 Å². The van der Waals surface area contributed by atoms with Crippen LogP contribution in [0.5, 0.6) is 0 Å². The summed E-state index contributed by atoms with van der Waals surface area (Å²) >= 11 is 0. The number of benzene rings is 1. The van der Waals surface area contributed by atoms with E-state index in [1.807, 2.05) is 30.3 Å². The van der Waals surface area contributed by atoms with Gasteiger partial charge in [-0.1, -0.05) is 30.3 Å². The molecular weight excluding hydrogens is 166 g/mol. The number of amides is 1. The lowest BCUT2D eigenvalue weighted by molar-refractivity contribution is -0.141. The van der Waals surface area contributed by atoms with E-state index < -0.39 is 0 Å². The van der Waals surface area contributed by atoms with Crippen LogP contribution in [0, 0.1) is 0 Å². The number of ether oxygens (including phenoxy) is 1. The molecule has 3 heteroatoms. The third-order valence-electron chi connectivity index (χ3n) is 1.99. The van der Waals surface area contributed by atoms with Crippen molar-refractivity contribution in [2.75, 3.05) is 0 Å². The number of carbonyl (C=O) groups is 1. The largest absolute Gasteiger partial charge is 0.353 e. The summed E-state index contributed by atoms with van der Waals surface area (Å²) in [6.45, 7) is 0.561. The van der Waals surface area contributed by atoms with Crippen molar-refractivity contribution in [3.63, 3.8) is 0 Å². The fourth-order valence-corrected chi connectivity index (χ4v) is 1.20. The molecule has 0 saturated carbocycles. The molecule has 1 fully saturated rings. The molecule has 0 aliphatic carbocycles. The zero-order valence-corrected chi connectivity index (χ0v) is 7.19. The van der Waals surface area contributed by atoms with Crippen LogP contribution in [-0.4, -0.2) is 12.1 Å². The van der Waals surface area contributed by atoms with Crippen molar-refractivity contribution >= 4 is 5.91 Å². The van der Waals surface area contributed by atoms with E-state index in [9.17, 15) is 4.79 Å². The summed E-state index contributed by atoms with van der Waals surface area (Å²) in [5.74, 6) is 0.0676. The number of nitrogens with one attached hydrogen (secondary N) is 1. The summed E-state index contributed by atoms with van der Waals surface area (Å²) in [7, 11) is 0. The SMILES string of the molecule is O=C1CC(OCc2ccccc2)N1. The van der Waals surface area contributed by atoms with E-state index in [1.165, 1.54) is 0 Å². The highest BCUT2D eigenvalue weighted by atomic mass is 16.5. The topological polar surface area (TPSA) is 38.3 Å². The van der Waals surface area contributed by atoms with E-state index in [1.54, 1.807) is 0 Å². The minimum absolute atomic E-state index is 0.0676. The molecule has 1 aliphatic heterocycles. The third-order valence-corrected chi connectivity index (χ3v) is 1.99. The van der Waals surface area contributed by atoms with Gasteiger partial charge < -0.3 is 10.1 Å². The fraction of sp³-hybridized carbons (Fsp3) is 0.300. The number of carbonyl (C=O) groups excluding carboxylic acids is 1. The average Bonchev–Trinajstić information content (AvgIpc) is 2.12. The highest BCUT2D eigenvalue weighted by Crippen LogP contribution is 2.09. The second kappa shape index (κ2) is 3.58. The van der Waals surface area contributed by atoms with Gasteiger partial charge in [-0.15, -0.1) is 0 Å². The zero-order chi connectivity index (χ0) is 9.10. The van der Waals surface area contributed by atoms with E-state index in [0.717, 1.165) is 5.56 Å². The van der Waals surface area contributed by atoms with E-state index in [4.69, 9.17) is 4.74 Å². The van der Waals surface area contributed by atoms with Crippen LogP contribution in [-0.2, 0) is 16.1 Å². The van der Waals surface area contributed by atoms with Gasteiger partial charge in [-0.25, -0.2) is 0 Å². The molecule has 1 aromatic rings. The van der Waals surface area contributed by atoms with Gasteiger partial charge in [0.2, 0.25) is 5.91 Å². The van der Waals surface area contributed by atoms with Gasteiger partial charge >= 0.3 is 0 Å². The third kappa shape index (κ3) is 2.06. The van der Waals surface area contributed by atoms with Gasteiger partial charge in [0, 0.05) is 0 Å². The summed E-state index contributed by atoms with van der Waals surface area (Å²) in [5, 5.41) is 2.65. The first kappa shape index (κ1) is 8.26. The molecule has 1 amide bonds. The molecule has 1 aliphatic rings. The molecular formula is C10H11NO2. The van der Waals surface area contributed by atoms with Crippen molar-refractivity contribution in [2.45, 2.75) is 19.3 Å². The molecule has 0 aromatic heterocycles. The smallest absolute Gasteiger partial charge is 0.226 e. The van der Waals surface area contributed by atoms with Gasteiger partial charge in [-0.2, -0.15) is 0 Å². The van der Waals surface area contributed by atoms with E-state index in [-0.39, 0.29) is 12.1 Å². The molecule has 3 nitrogen and oxygen atoms in total.